The molecule has 0 aliphatic heterocycles. The maximum atomic E-state index is 12.1. The molecule has 2 N–H and O–H groups in total. The summed E-state index contributed by atoms with van der Waals surface area (Å²) in [6.07, 6.45) is 2.56. The monoisotopic (exact) mass is 429 g/mol. The molecule has 0 unspecified atom stereocenters. The fourth-order valence-corrected chi connectivity index (χ4v) is 4.32. The van der Waals surface area contributed by atoms with Crippen LogP contribution in [-0.2, 0) is 21.4 Å². The molecule has 14 heteroatoms. The van der Waals surface area contributed by atoms with Crippen molar-refractivity contribution >= 4 is 49.3 Å². The average molecular weight is 430 g/mol. The van der Waals surface area contributed by atoms with Crippen molar-refractivity contribution in [3.05, 3.63) is 18.4 Å². The molecular weight excluding hydrogens is 414 g/mol. The van der Waals surface area contributed by atoms with E-state index in [1.54, 1.807) is 18.4 Å². The summed E-state index contributed by atoms with van der Waals surface area (Å²) in [6, 6.07) is 3.55. The van der Waals surface area contributed by atoms with Gasteiger partial charge < -0.3 is 4.42 Å². The normalized spacial score (nSPS) is 11.5. The Morgan fingerprint density at radius 3 is 2.74 bits per heavy atom. The molecule has 11 nitrogen and oxygen atoms in total. The minimum absolute atomic E-state index is 0.0741. The first kappa shape index (κ1) is 19.3. The van der Waals surface area contributed by atoms with E-state index in [4.69, 9.17) is 4.42 Å². The molecule has 0 saturated carbocycles. The third-order valence-electron chi connectivity index (χ3n) is 3.05. The van der Waals surface area contributed by atoms with Crippen molar-refractivity contribution in [2.24, 2.45) is 0 Å². The van der Waals surface area contributed by atoms with Gasteiger partial charge in [-0.3, -0.25) is 19.4 Å². The number of hydrogen-bond donors (Lipinski definition) is 2. The summed E-state index contributed by atoms with van der Waals surface area (Å²) in [7, 11) is -3.45. The molecule has 144 valence electrons. The maximum Gasteiger partial charge on any atom is 0.236 e. The van der Waals surface area contributed by atoms with Gasteiger partial charge in [-0.25, -0.2) is 8.42 Å². The van der Waals surface area contributed by atoms with E-state index in [1.165, 1.54) is 11.8 Å². The van der Waals surface area contributed by atoms with Crippen LogP contribution >= 0.6 is 23.1 Å². The third-order valence-corrected chi connectivity index (χ3v) is 5.47. The van der Waals surface area contributed by atoms with Crippen molar-refractivity contribution in [1.82, 2.24) is 25.0 Å². The van der Waals surface area contributed by atoms with Crippen LogP contribution in [0.1, 0.15) is 6.92 Å². The first-order valence-corrected chi connectivity index (χ1v) is 11.3. The van der Waals surface area contributed by atoms with E-state index in [9.17, 15) is 13.2 Å². The second-order valence-corrected chi connectivity index (χ2v) is 8.82. The quantitative estimate of drug-likeness (QED) is 0.509. The first-order chi connectivity index (χ1) is 12.9. The summed E-state index contributed by atoms with van der Waals surface area (Å²) in [5, 5.41) is 19.0. The molecule has 1 amide bonds. The number of anilines is 2. The summed E-state index contributed by atoms with van der Waals surface area (Å²) < 4.78 is 31.7. The zero-order valence-electron chi connectivity index (χ0n) is 14.2. The highest BCUT2D eigenvalue weighted by atomic mass is 32.2. The van der Waals surface area contributed by atoms with Crippen molar-refractivity contribution in [1.29, 1.82) is 0 Å². The Kier molecular flexibility index (Phi) is 5.76. The zero-order chi connectivity index (χ0) is 19.4. The lowest BCUT2D eigenvalue weighted by atomic mass is 10.4. The van der Waals surface area contributed by atoms with E-state index in [2.05, 4.69) is 30.4 Å². The summed E-state index contributed by atoms with van der Waals surface area (Å²) in [6.45, 7) is 2.56. The van der Waals surface area contributed by atoms with Gasteiger partial charge in [0.15, 0.2) is 16.7 Å². The van der Waals surface area contributed by atoms with E-state index < -0.39 is 10.0 Å². The van der Waals surface area contributed by atoms with Gasteiger partial charge in [0.2, 0.25) is 26.2 Å². The molecule has 0 aliphatic carbocycles. The first-order valence-electron chi connectivity index (χ1n) is 7.56. The number of thioether (sulfide) groups is 1. The predicted molar refractivity (Wildman–Crippen MR) is 101 cm³/mol. The van der Waals surface area contributed by atoms with Gasteiger partial charge in [0.1, 0.15) is 0 Å². The topological polar surface area (TPSA) is 145 Å². The SMILES string of the molecule is CCn1c(SCC(=O)Nc2nnc(NS(C)(=O)=O)s2)nnc1-c1ccco1. The van der Waals surface area contributed by atoms with Crippen LogP contribution in [0.25, 0.3) is 11.6 Å². The molecule has 0 atom stereocenters. The standard InChI is InChI=1S/C13H15N7O4S3/c1-3-20-10(8-5-4-6-24-8)15-18-13(20)25-7-9(21)14-11-16-17-12(26-11)19-27(2,22)23/h4-6H,3,7H2,1-2H3,(H,17,19)(H,14,16,21). The Hall–Kier alpha value is -2.45. The van der Waals surface area contributed by atoms with E-state index in [0.29, 0.717) is 23.3 Å². The Bertz CT molecular complexity index is 1030. The van der Waals surface area contributed by atoms with Gasteiger partial charge in [-0.1, -0.05) is 23.1 Å². The second kappa shape index (κ2) is 8.06. The molecule has 0 aliphatic rings. The number of rotatable bonds is 8. The van der Waals surface area contributed by atoms with Gasteiger partial charge in [-0.15, -0.1) is 20.4 Å². The number of nitrogens with one attached hydrogen (secondary N) is 2. The van der Waals surface area contributed by atoms with Crippen LogP contribution < -0.4 is 10.0 Å². The minimum atomic E-state index is -3.45. The molecule has 0 aromatic carbocycles. The number of sulfonamides is 1. The van der Waals surface area contributed by atoms with Gasteiger partial charge in [0.05, 0.1) is 18.3 Å². The molecule has 3 aromatic rings. The van der Waals surface area contributed by atoms with Crippen LogP contribution in [-0.4, -0.2) is 51.3 Å². The van der Waals surface area contributed by atoms with Crippen LogP contribution in [0.2, 0.25) is 0 Å². The van der Waals surface area contributed by atoms with Crippen molar-refractivity contribution in [3.63, 3.8) is 0 Å². The molecule has 3 heterocycles. The second-order valence-electron chi connectivity index (χ2n) is 5.15. The summed E-state index contributed by atoms with van der Waals surface area (Å²) in [4.78, 5) is 12.1. The van der Waals surface area contributed by atoms with Gasteiger partial charge in [0, 0.05) is 6.54 Å². The molecular formula is C13H15N7O4S3. The van der Waals surface area contributed by atoms with Crippen LogP contribution in [0.15, 0.2) is 28.0 Å². The Balaban J connectivity index is 1.60. The zero-order valence-corrected chi connectivity index (χ0v) is 16.7. The molecule has 0 bridgehead atoms. The highest BCUT2D eigenvalue weighted by Gasteiger charge is 2.17. The Morgan fingerprint density at radius 2 is 2.07 bits per heavy atom. The van der Waals surface area contributed by atoms with Crippen LogP contribution in [0.4, 0.5) is 10.3 Å². The lowest BCUT2D eigenvalue weighted by molar-refractivity contribution is -0.113. The van der Waals surface area contributed by atoms with Crippen molar-refractivity contribution < 1.29 is 17.6 Å². The van der Waals surface area contributed by atoms with E-state index in [-0.39, 0.29) is 21.9 Å². The fourth-order valence-electron chi connectivity index (χ4n) is 2.03. The number of nitrogens with zero attached hydrogens (tertiary/aromatic N) is 5. The number of aromatic nitrogens is 5. The minimum Gasteiger partial charge on any atom is -0.461 e. The van der Waals surface area contributed by atoms with Crippen molar-refractivity contribution in [2.45, 2.75) is 18.6 Å². The highest BCUT2D eigenvalue weighted by Crippen LogP contribution is 2.25. The van der Waals surface area contributed by atoms with Gasteiger partial charge in [0.25, 0.3) is 0 Å². The van der Waals surface area contributed by atoms with E-state index in [0.717, 1.165) is 17.6 Å². The Labute approximate surface area is 162 Å². The largest absolute Gasteiger partial charge is 0.461 e. The van der Waals surface area contributed by atoms with Gasteiger partial charge >= 0.3 is 0 Å². The number of furan rings is 1. The third kappa shape index (κ3) is 5.05. The van der Waals surface area contributed by atoms with Gasteiger partial charge in [-0.05, 0) is 19.1 Å². The fraction of sp³-hybridized carbons (Fsp3) is 0.308. The summed E-state index contributed by atoms with van der Waals surface area (Å²) in [5.41, 5.74) is 0. The van der Waals surface area contributed by atoms with Gasteiger partial charge in [-0.2, -0.15) is 0 Å². The van der Waals surface area contributed by atoms with Crippen LogP contribution in [0, 0.1) is 0 Å². The number of carbonyl (C=O) groups excluding carboxylic acids is 1. The molecule has 3 rings (SSSR count). The predicted octanol–water partition coefficient (Wildman–Crippen LogP) is 1.51. The smallest absolute Gasteiger partial charge is 0.236 e. The maximum absolute atomic E-state index is 12.1. The average Bonchev–Trinajstić information content (AvgIpc) is 3.31. The number of carbonyl (C=O) groups is 1. The Morgan fingerprint density at radius 1 is 1.30 bits per heavy atom. The van der Waals surface area contributed by atoms with E-state index in [1.807, 2.05) is 11.5 Å². The molecule has 3 aromatic heterocycles. The number of hydrogen-bond acceptors (Lipinski definition) is 10. The molecule has 0 fully saturated rings. The summed E-state index contributed by atoms with van der Waals surface area (Å²) >= 11 is 2.13. The highest BCUT2D eigenvalue weighted by molar-refractivity contribution is 7.99. The van der Waals surface area contributed by atoms with Crippen LogP contribution in [0.3, 0.4) is 0 Å². The van der Waals surface area contributed by atoms with Crippen molar-refractivity contribution in [2.75, 3.05) is 22.0 Å². The number of amides is 1. The molecule has 0 spiro atoms. The van der Waals surface area contributed by atoms with Crippen molar-refractivity contribution in [3.8, 4) is 11.6 Å². The lowest BCUT2D eigenvalue weighted by Crippen LogP contribution is -2.14. The summed E-state index contributed by atoms with van der Waals surface area (Å²) in [5.74, 6) is 0.934. The lowest BCUT2D eigenvalue weighted by Gasteiger charge is -2.05. The van der Waals surface area contributed by atoms with E-state index >= 15 is 0 Å². The van der Waals surface area contributed by atoms with Crippen LogP contribution in [0.5, 0.6) is 0 Å². The molecule has 0 radical (unpaired) electrons. The molecule has 27 heavy (non-hydrogen) atoms. The molecule has 0 saturated heterocycles.